The van der Waals surface area contributed by atoms with Gasteiger partial charge in [-0.15, -0.1) is 0 Å². The normalized spacial score (nSPS) is 15.2. The van der Waals surface area contributed by atoms with Gasteiger partial charge < -0.3 is 18.6 Å². The summed E-state index contributed by atoms with van der Waals surface area (Å²) in [4.78, 5) is 18.8. The Morgan fingerprint density at radius 3 is 0.973 bits per heavy atom. The predicted molar refractivity (Wildman–Crippen MR) is 305 cm³/mol. The molecule has 0 amide bonds. The Balaban J connectivity index is 0.993. The zero-order chi connectivity index (χ0) is 48.6. The fourth-order valence-corrected chi connectivity index (χ4v) is 12.8. The maximum atomic E-state index is 16.3. The second-order valence-electron chi connectivity index (χ2n) is 19.7. The van der Waals surface area contributed by atoms with Crippen LogP contribution in [-0.4, -0.2) is 28.9 Å². The Hall–Kier alpha value is -9.85. The molecule has 0 fully saturated rings. The number of aromatic nitrogens is 5. The highest BCUT2D eigenvalue weighted by molar-refractivity contribution is 6.11. The van der Waals surface area contributed by atoms with E-state index in [1.807, 2.05) is 21.3 Å². The molecule has 2 unspecified atom stereocenters. The van der Waals surface area contributed by atoms with Crippen LogP contribution in [0.3, 0.4) is 0 Å². The molecule has 1 aliphatic carbocycles. The first-order valence-electron chi connectivity index (χ1n) is 25.4. The van der Waals surface area contributed by atoms with Crippen LogP contribution < -0.4 is 10.6 Å². The molecule has 7 heteroatoms. The van der Waals surface area contributed by atoms with Crippen molar-refractivity contribution in [3.05, 3.63) is 271 Å². The van der Waals surface area contributed by atoms with Crippen molar-refractivity contribution in [1.29, 1.82) is 0 Å². The molecule has 14 aromatic rings. The molecule has 348 valence electrons. The zero-order valence-corrected chi connectivity index (χ0v) is 40.0. The summed E-state index contributed by atoms with van der Waals surface area (Å²) in [5.74, 6) is 0.187. The summed E-state index contributed by atoms with van der Waals surface area (Å²) < 4.78 is 10.9. The minimum absolute atomic E-state index is 0.0552. The van der Waals surface area contributed by atoms with Crippen molar-refractivity contribution in [2.75, 3.05) is 4.90 Å². The topological polar surface area (TPSA) is 45.0 Å². The number of hydrogen-bond acceptors (Lipinski definition) is 2. The quantitative estimate of drug-likeness (QED) is 0.167. The van der Waals surface area contributed by atoms with Gasteiger partial charge in [0.15, 0.2) is 0 Å². The Bertz CT molecular complexity index is 4510. The van der Waals surface area contributed by atoms with Crippen molar-refractivity contribution >= 4 is 87.8 Å². The fraction of sp³-hybridized carbons (Fsp3) is 0.0299. The summed E-state index contributed by atoms with van der Waals surface area (Å²) in [5, 5.41) is 7.05. The predicted octanol–water partition coefficient (Wildman–Crippen LogP) is 15.8. The number of imidazole rings is 1. The molecule has 0 spiro atoms. The molecule has 10 aromatic carbocycles. The highest BCUT2D eigenvalue weighted by Gasteiger charge is 2.37. The van der Waals surface area contributed by atoms with Gasteiger partial charge in [0.25, 0.3) is 0 Å². The largest absolute Gasteiger partial charge is 0.338 e. The van der Waals surface area contributed by atoms with E-state index in [1.54, 1.807) is 0 Å². The van der Waals surface area contributed by atoms with Gasteiger partial charge in [-0.05, 0) is 96.6 Å². The van der Waals surface area contributed by atoms with E-state index in [4.69, 9.17) is 0 Å². The molecule has 7 nitrogen and oxygen atoms in total. The number of allylic oxidation sites excluding steroid dienone is 2. The van der Waals surface area contributed by atoms with E-state index in [1.165, 1.54) is 43.6 Å². The van der Waals surface area contributed by atoms with Crippen molar-refractivity contribution in [1.82, 2.24) is 22.8 Å². The number of nitrogens with zero attached hydrogens (tertiary/aromatic N) is 6. The maximum absolute atomic E-state index is 16.3. The third-order valence-electron chi connectivity index (χ3n) is 15.8. The molecular formula is C67H44N6O. The number of hydrogen-bond donors (Lipinski definition) is 0. The number of benzene rings is 10. The summed E-state index contributed by atoms with van der Waals surface area (Å²) in [5.41, 5.74) is 15.9. The fourth-order valence-electron chi connectivity index (χ4n) is 12.8. The van der Waals surface area contributed by atoms with Gasteiger partial charge in [0.05, 0.1) is 78.6 Å². The van der Waals surface area contributed by atoms with Crippen molar-refractivity contribution in [3.63, 3.8) is 0 Å². The van der Waals surface area contributed by atoms with Gasteiger partial charge in [0.1, 0.15) is 0 Å². The lowest BCUT2D eigenvalue weighted by molar-refractivity contribution is 0.744. The lowest BCUT2D eigenvalue weighted by Gasteiger charge is -2.29. The zero-order valence-electron chi connectivity index (χ0n) is 40.0. The molecule has 2 atom stereocenters. The average molecular weight is 949 g/mol. The van der Waals surface area contributed by atoms with Gasteiger partial charge in [0, 0.05) is 49.6 Å². The van der Waals surface area contributed by atoms with E-state index in [2.05, 4.69) is 261 Å². The molecule has 1 aliphatic heterocycles. The highest BCUT2D eigenvalue weighted by atomic mass is 16.1. The Morgan fingerprint density at radius 2 is 0.581 bits per heavy atom. The second kappa shape index (κ2) is 15.6. The van der Waals surface area contributed by atoms with Gasteiger partial charge >= 0.3 is 5.69 Å². The van der Waals surface area contributed by atoms with Crippen LogP contribution >= 0.6 is 0 Å². The van der Waals surface area contributed by atoms with Crippen LogP contribution in [0.4, 0.5) is 11.4 Å². The first-order chi connectivity index (χ1) is 36.7. The van der Waals surface area contributed by atoms with Gasteiger partial charge in [-0.3, -0.25) is 9.13 Å². The number of rotatable bonds is 6. The Labute approximate surface area is 424 Å². The van der Waals surface area contributed by atoms with Gasteiger partial charge in [-0.1, -0.05) is 164 Å². The molecule has 0 bridgehead atoms. The monoisotopic (exact) mass is 948 g/mol. The summed E-state index contributed by atoms with van der Waals surface area (Å²) >= 11 is 0. The third kappa shape index (κ3) is 5.74. The van der Waals surface area contributed by atoms with Gasteiger partial charge in [0.2, 0.25) is 0 Å². The Kier molecular flexibility index (Phi) is 8.59. The molecule has 74 heavy (non-hydrogen) atoms. The van der Waals surface area contributed by atoms with Gasteiger partial charge in [-0.2, -0.15) is 0 Å². The van der Waals surface area contributed by atoms with Crippen LogP contribution in [0.15, 0.2) is 260 Å². The number of para-hydroxylation sites is 9. The molecule has 0 saturated carbocycles. The summed E-state index contributed by atoms with van der Waals surface area (Å²) in [6.07, 6.45) is 8.96. The molecule has 0 saturated heterocycles. The molecule has 0 radical (unpaired) electrons. The van der Waals surface area contributed by atoms with Crippen LogP contribution in [0.1, 0.15) is 11.5 Å². The van der Waals surface area contributed by atoms with Crippen molar-refractivity contribution in [2.24, 2.45) is 0 Å². The van der Waals surface area contributed by atoms with E-state index in [9.17, 15) is 0 Å². The highest BCUT2D eigenvalue weighted by Crippen LogP contribution is 2.49. The van der Waals surface area contributed by atoms with E-state index >= 15 is 4.79 Å². The molecule has 16 rings (SSSR count). The smallest absolute Gasteiger partial charge is 0.333 e. The maximum Gasteiger partial charge on any atom is 0.338 e. The molecule has 4 aromatic heterocycles. The third-order valence-corrected chi connectivity index (χ3v) is 15.8. The lowest BCUT2D eigenvalue weighted by atomic mass is 9.91. The van der Waals surface area contributed by atoms with Crippen LogP contribution in [-0.2, 0) is 0 Å². The molecule has 5 heterocycles. The van der Waals surface area contributed by atoms with E-state index in [0.717, 1.165) is 78.3 Å². The lowest BCUT2D eigenvalue weighted by Crippen LogP contribution is -2.29. The summed E-state index contributed by atoms with van der Waals surface area (Å²) in [6.45, 7) is 0. The van der Waals surface area contributed by atoms with Crippen LogP contribution in [0.2, 0.25) is 0 Å². The molecular weight excluding hydrogens is 905 g/mol. The average Bonchev–Trinajstić information content (AvgIpc) is 4.24. The van der Waals surface area contributed by atoms with Crippen LogP contribution in [0, 0.1) is 0 Å². The SMILES string of the molecule is O=c1n(-c2cc(N3c4ccccc4C4C=CC=CC43)cc(-n3c4ccccc4c4ccccc43)c2)c2ccccc2n1-c1cc(-n2c3ccccc3c3ccccc32)cc(-n2c3ccccc3c3ccccc32)c1. The minimum atomic E-state index is -0.163. The van der Waals surface area contributed by atoms with Gasteiger partial charge in [-0.25, -0.2) is 4.79 Å². The van der Waals surface area contributed by atoms with Crippen molar-refractivity contribution in [3.8, 4) is 28.4 Å². The minimum Gasteiger partial charge on any atom is -0.333 e. The van der Waals surface area contributed by atoms with Crippen molar-refractivity contribution < 1.29 is 0 Å². The van der Waals surface area contributed by atoms with E-state index in [0.29, 0.717) is 0 Å². The molecule has 2 aliphatic rings. The van der Waals surface area contributed by atoms with Crippen molar-refractivity contribution in [2.45, 2.75) is 12.0 Å². The number of anilines is 2. The number of fused-ring (bicyclic) bond motifs is 13. The standard InChI is InChI=1S/C67H44N6O/c74-67-72(47-39-43(68-57-27-9-1-19-49(57)50-20-2-10-28-58(50)68)37-44(40-47)69-59-29-11-3-21-51(59)52-22-4-12-30-60(52)69)65-35-17-18-36-66(65)73(67)48-41-45(70-61-31-13-5-23-53(61)54-24-6-14-32-62(54)70)38-46(42-48)71-63-33-15-7-25-55(63)56-26-8-16-34-64(56)71/h1-42,49,57H. The summed E-state index contributed by atoms with van der Waals surface area (Å²) in [7, 11) is 0. The van der Waals surface area contributed by atoms with E-state index in [-0.39, 0.29) is 17.6 Å². The van der Waals surface area contributed by atoms with Crippen LogP contribution in [0.5, 0.6) is 0 Å². The Morgan fingerprint density at radius 1 is 0.284 bits per heavy atom. The van der Waals surface area contributed by atoms with Crippen LogP contribution in [0.25, 0.3) is 105 Å². The second-order valence-corrected chi connectivity index (χ2v) is 19.7. The first-order valence-corrected chi connectivity index (χ1v) is 25.4. The first kappa shape index (κ1) is 40.8. The van der Waals surface area contributed by atoms with E-state index < -0.39 is 0 Å². The molecule has 0 N–H and O–H groups in total. The summed E-state index contributed by atoms with van der Waals surface area (Å²) in [6, 6.07) is 82.2.